The molecular weight excluding hydrogens is 441 g/mol. The molecule has 0 bridgehead atoms. The first kappa shape index (κ1) is 26.3. The molecular formula is C30H34FNO3. The number of ether oxygens (including phenoxy) is 1. The molecule has 3 aromatic rings. The molecule has 0 heterocycles. The van der Waals surface area contributed by atoms with Gasteiger partial charge in [-0.1, -0.05) is 66.7 Å². The van der Waals surface area contributed by atoms with E-state index in [1.165, 1.54) is 13.0 Å². The molecule has 0 aliphatic rings. The summed E-state index contributed by atoms with van der Waals surface area (Å²) in [6.45, 7) is 6.11. The van der Waals surface area contributed by atoms with Gasteiger partial charge in [0.1, 0.15) is 11.6 Å². The molecule has 0 unspecified atom stereocenters. The maximum Gasteiger partial charge on any atom is 0.165 e. The van der Waals surface area contributed by atoms with Crippen molar-refractivity contribution >= 4 is 11.6 Å². The van der Waals surface area contributed by atoms with Crippen LogP contribution in [-0.2, 0) is 16.1 Å². The highest BCUT2D eigenvalue weighted by atomic mass is 19.1. The molecule has 35 heavy (non-hydrogen) atoms. The van der Waals surface area contributed by atoms with Gasteiger partial charge in [-0.05, 0) is 56.0 Å². The van der Waals surface area contributed by atoms with Crippen LogP contribution < -0.4 is 4.74 Å². The van der Waals surface area contributed by atoms with E-state index in [0.29, 0.717) is 19.4 Å². The van der Waals surface area contributed by atoms with Crippen LogP contribution in [0.15, 0.2) is 78.9 Å². The van der Waals surface area contributed by atoms with E-state index in [0.717, 1.165) is 16.7 Å². The largest absolute Gasteiger partial charge is 0.491 e. The van der Waals surface area contributed by atoms with Crippen molar-refractivity contribution < 1.29 is 18.7 Å². The van der Waals surface area contributed by atoms with E-state index >= 15 is 4.39 Å². The van der Waals surface area contributed by atoms with E-state index in [1.807, 2.05) is 42.5 Å². The van der Waals surface area contributed by atoms with Gasteiger partial charge in [0.25, 0.3) is 0 Å². The predicted molar refractivity (Wildman–Crippen MR) is 137 cm³/mol. The van der Waals surface area contributed by atoms with E-state index < -0.39 is 5.82 Å². The number of Topliss-reactive ketones (excluding diaryl/α,β-unsaturated/α-hetero) is 2. The molecule has 0 saturated heterocycles. The Labute approximate surface area is 207 Å². The minimum atomic E-state index is -0.467. The van der Waals surface area contributed by atoms with E-state index in [2.05, 4.69) is 36.1 Å². The van der Waals surface area contributed by atoms with Crippen LogP contribution in [0.3, 0.4) is 0 Å². The monoisotopic (exact) mass is 475 g/mol. The molecule has 184 valence electrons. The lowest BCUT2D eigenvalue weighted by Gasteiger charge is -2.37. The summed E-state index contributed by atoms with van der Waals surface area (Å²) >= 11 is 0. The van der Waals surface area contributed by atoms with Gasteiger partial charge in [0.05, 0.1) is 6.61 Å². The molecule has 0 aliphatic carbocycles. The molecule has 0 amide bonds. The Morgan fingerprint density at radius 2 is 1.54 bits per heavy atom. The summed E-state index contributed by atoms with van der Waals surface area (Å²) in [5, 5.41) is 0. The Bertz CT molecular complexity index is 1100. The number of hydrogen-bond donors (Lipinski definition) is 0. The zero-order valence-corrected chi connectivity index (χ0v) is 20.7. The smallest absolute Gasteiger partial charge is 0.165 e. The molecule has 0 fully saturated rings. The maximum absolute atomic E-state index is 15.1. The lowest BCUT2D eigenvalue weighted by atomic mass is 9.95. The average molecular weight is 476 g/mol. The number of carbonyl (C=O) groups excluding carboxylic acids is 2. The third-order valence-corrected chi connectivity index (χ3v) is 6.14. The van der Waals surface area contributed by atoms with Crippen molar-refractivity contribution in [3.8, 4) is 5.75 Å². The minimum Gasteiger partial charge on any atom is -0.491 e. The van der Waals surface area contributed by atoms with Crippen molar-refractivity contribution in [2.24, 2.45) is 0 Å². The zero-order chi connectivity index (χ0) is 25.2. The van der Waals surface area contributed by atoms with Crippen LogP contribution in [0.2, 0.25) is 0 Å². The molecule has 0 spiro atoms. The molecule has 0 aromatic heterocycles. The summed E-state index contributed by atoms with van der Waals surface area (Å²) in [4.78, 5) is 25.7. The second-order valence-corrected chi connectivity index (χ2v) is 9.01. The van der Waals surface area contributed by atoms with Crippen LogP contribution >= 0.6 is 0 Å². The first-order valence-corrected chi connectivity index (χ1v) is 12.1. The van der Waals surface area contributed by atoms with Crippen molar-refractivity contribution in [2.75, 3.05) is 6.61 Å². The number of nitrogens with zero attached hydrogens (tertiary/aromatic N) is 1. The molecule has 0 saturated carbocycles. The molecule has 0 N–H and O–H groups in total. The predicted octanol–water partition coefficient (Wildman–Crippen LogP) is 6.86. The molecule has 0 aliphatic heterocycles. The molecule has 3 aromatic carbocycles. The van der Waals surface area contributed by atoms with E-state index in [9.17, 15) is 9.59 Å². The highest BCUT2D eigenvalue weighted by Crippen LogP contribution is 2.36. The fourth-order valence-corrected chi connectivity index (χ4v) is 4.28. The molecule has 5 heteroatoms. The van der Waals surface area contributed by atoms with Crippen LogP contribution in [0.5, 0.6) is 5.75 Å². The number of halogens is 1. The van der Waals surface area contributed by atoms with Gasteiger partial charge in [-0.15, -0.1) is 0 Å². The normalized spacial score (nSPS) is 12.8. The van der Waals surface area contributed by atoms with Crippen LogP contribution in [0.1, 0.15) is 68.8 Å². The standard InChI is InChI=1S/C30H34FNO3/c1-22(33)11-10-18-35-30-17-16-27(20-28(30)31)29(19-23(2)34)32(21-25-12-6-4-7-13-25)24(3)26-14-8-5-9-15-26/h4-9,12-17,20,24,29H,10-11,18-19,21H2,1-3H3/t24-,29+/m1/s1. The van der Waals surface area contributed by atoms with Gasteiger partial charge in [-0.25, -0.2) is 4.39 Å². The Balaban J connectivity index is 1.92. The van der Waals surface area contributed by atoms with Gasteiger partial charge < -0.3 is 9.53 Å². The lowest BCUT2D eigenvalue weighted by Crippen LogP contribution is -2.32. The summed E-state index contributed by atoms with van der Waals surface area (Å²) in [6, 6.07) is 24.9. The highest BCUT2D eigenvalue weighted by Gasteiger charge is 2.28. The maximum atomic E-state index is 15.1. The second kappa shape index (κ2) is 13.0. The lowest BCUT2D eigenvalue weighted by molar-refractivity contribution is -0.119. The summed E-state index contributed by atoms with van der Waals surface area (Å²) in [5.74, 6) is -0.184. The zero-order valence-electron chi connectivity index (χ0n) is 20.7. The van der Waals surface area contributed by atoms with Crippen molar-refractivity contribution in [3.63, 3.8) is 0 Å². The first-order valence-electron chi connectivity index (χ1n) is 12.1. The third kappa shape index (κ3) is 7.86. The summed E-state index contributed by atoms with van der Waals surface area (Å²) < 4.78 is 20.6. The van der Waals surface area contributed by atoms with Crippen LogP contribution in [0, 0.1) is 5.82 Å². The number of rotatable bonds is 13. The second-order valence-electron chi connectivity index (χ2n) is 9.01. The molecule has 2 atom stereocenters. The van der Waals surface area contributed by atoms with Gasteiger partial charge in [0.2, 0.25) is 0 Å². The highest BCUT2D eigenvalue weighted by molar-refractivity contribution is 5.76. The van der Waals surface area contributed by atoms with Crippen molar-refractivity contribution in [1.29, 1.82) is 0 Å². The fourth-order valence-electron chi connectivity index (χ4n) is 4.28. The molecule has 3 rings (SSSR count). The molecule has 4 nitrogen and oxygen atoms in total. The van der Waals surface area contributed by atoms with Gasteiger partial charge in [0, 0.05) is 31.5 Å². The SMILES string of the molecule is CC(=O)CCCOc1ccc([C@H](CC(C)=O)N(Cc2ccccc2)[C@H](C)c2ccccc2)cc1F. The summed E-state index contributed by atoms with van der Waals surface area (Å²) in [7, 11) is 0. The minimum absolute atomic E-state index is 0.00803. The first-order chi connectivity index (χ1) is 16.8. The number of carbonyl (C=O) groups is 2. The third-order valence-electron chi connectivity index (χ3n) is 6.14. The van der Waals surface area contributed by atoms with Gasteiger partial charge in [-0.2, -0.15) is 0 Å². The Morgan fingerprint density at radius 3 is 2.14 bits per heavy atom. The van der Waals surface area contributed by atoms with Gasteiger partial charge >= 0.3 is 0 Å². The Morgan fingerprint density at radius 1 is 0.886 bits per heavy atom. The van der Waals surface area contributed by atoms with E-state index in [1.54, 1.807) is 13.0 Å². The van der Waals surface area contributed by atoms with E-state index in [4.69, 9.17) is 4.74 Å². The van der Waals surface area contributed by atoms with Crippen LogP contribution in [0.25, 0.3) is 0 Å². The molecule has 0 radical (unpaired) electrons. The quantitative estimate of drug-likeness (QED) is 0.253. The van der Waals surface area contributed by atoms with Crippen LogP contribution in [-0.4, -0.2) is 23.1 Å². The van der Waals surface area contributed by atoms with Crippen molar-refractivity contribution in [1.82, 2.24) is 4.90 Å². The number of ketones is 2. The van der Waals surface area contributed by atoms with Gasteiger partial charge in [0.15, 0.2) is 11.6 Å². The fraction of sp³-hybridized carbons (Fsp3) is 0.333. The average Bonchev–Trinajstić information content (AvgIpc) is 2.85. The Hall–Kier alpha value is -3.31. The van der Waals surface area contributed by atoms with Crippen molar-refractivity contribution in [2.45, 2.75) is 58.7 Å². The number of hydrogen-bond acceptors (Lipinski definition) is 4. The van der Waals surface area contributed by atoms with Gasteiger partial charge in [-0.3, -0.25) is 9.69 Å². The van der Waals surface area contributed by atoms with Crippen molar-refractivity contribution in [3.05, 3.63) is 101 Å². The summed E-state index contributed by atoms with van der Waals surface area (Å²) in [5.41, 5.74) is 2.98. The topological polar surface area (TPSA) is 46.6 Å². The Kier molecular flexibility index (Phi) is 9.74. The summed E-state index contributed by atoms with van der Waals surface area (Å²) in [6.07, 6.45) is 1.22. The van der Waals surface area contributed by atoms with Crippen LogP contribution in [0.4, 0.5) is 4.39 Å². The number of benzene rings is 3. The van der Waals surface area contributed by atoms with E-state index in [-0.39, 0.29) is 42.4 Å².